The highest BCUT2D eigenvalue weighted by Gasteiger charge is 2.33. The van der Waals surface area contributed by atoms with Crippen LogP contribution in [-0.4, -0.2) is 35.3 Å². The number of sulfone groups is 1. The van der Waals surface area contributed by atoms with Crippen molar-refractivity contribution in [2.75, 3.05) is 5.75 Å². The Hall–Kier alpha value is -2.19. The van der Waals surface area contributed by atoms with Crippen molar-refractivity contribution < 1.29 is 18.0 Å². The summed E-state index contributed by atoms with van der Waals surface area (Å²) in [5, 5.41) is 0.731. The third-order valence-electron chi connectivity index (χ3n) is 5.83. The molecule has 0 bridgehead atoms. The zero-order valence-electron chi connectivity index (χ0n) is 17.3. The Kier molecular flexibility index (Phi) is 5.48. The molecular formula is C22H24N2O4S2. The van der Waals surface area contributed by atoms with Gasteiger partial charge in [-0.3, -0.25) is 9.59 Å². The van der Waals surface area contributed by atoms with Gasteiger partial charge < -0.3 is 4.57 Å². The number of aryl methyl sites for hydroxylation is 2. The number of nitrogens with zero attached hydrogens (tertiary/aromatic N) is 2. The van der Waals surface area contributed by atoms with Crippen molar-refractivity contribution in [2.24, 2.45) is 7.05 Å². The number of carbonyl (C=O) groups excluding carboxylic acids is 2. The van der Waals surface area contributed by atoms with Gasteiger partial charge in [0.05, 0.1) is 16.2 Å². The first-order chi connectivity index (χ1) is 14.2. The van der Waals surface area contributed by atoms with E-state index < -0.39 is 9.84 Å². The third-order valence-corrected chi connectivity index (χ3v) is 9.08. The maximum Gasteiger partial charge on any atom is 0.197 e. The lowest BCUT2D eigenvalue weighted by Gasteiger charge is -2.24. The molecule has 2 aromatic rings. The maximum atomic E-state index is 13.6. The topological polar surface area (TPSA) is 86.1 Å². The fraction of sp³-hybridized carbons (Fsp3) is 0.409. The Labute approximate surface area is 180 Å². The maximum absolute atomic E-state index is 13.6. The van der Waals surface area contributed by atoms with Crippen molar-refractivity contribution in [2.45, 2.75) is 56.0 Å². The van der Waals surface area contributed by atoms with Crippen molar-refractivity contribution in [3.05, 3.63) is 51.2 Å². The molecule has 0 saturated heterocycles. The second-order valence-electron chi connectivity index (χ2n) is 7.92. The molecule has 158 valence electrons. The average molecular weight is 445 g/mol. The molecule has 0 atom stereocenters. The van der Waals surface area contributed by atoms with Crippen LogP contribution in [0.5, 0.6) is 0 Å². The zero-order chi connectivity index (χ0) is 21.6. The van der Waals surface area contributed by atoms with E-state index in [1.54, 1.807) is 26.1 Å². The van der Waals surface area contributed by atoms with Crippen LogP contribution >= 0.6 is 11.8 Å². The molecule has 0 unspecified atom stereocenters. The van der Waals surface area contributed by atoms with Crippen molar-refractivity contribution in [1.29, 1.82) is 0 Å². The number of thioether (sulfide) groups is 1. The average Bonchev–Trinajstić information content (AvgIpc) is 3.08. The first kappa shape index (κ1) is 21.1. The Bertz CT molecular complexity index is 1210. The first-order valence-corrected chi connectivity index (χ1v) is 12.5. The molecule has 0 amide bonds. The van der Waals surface area contributed by atoms with Gasteiger partial charge >= 0.3 is 0 Å². The molecule has 6 nitrogen and oxygen atoms in total. The summed E-state index contributed by atoms with van der Waals surface area (Å²) < 4.78 is 27.0. The highest BCUT2D eigenvalue weighted by Crippen LogP contribution is 2.38. The van der Waals surface area contributed by atoms with E-state index in [2.05, 4.69) is 4.98 Å². The minimum atomic E-state index is -3.33. The van der Waals surface area contributed by atoms with E-state index in [1.807, 2.05) is 17.8 Å². The molecule has 1 aromatic heterocycles. The summed E-state index contributed by atoms with van der Waals surface area (Å²) in [5.74, 6) is -0.310. The number of imidazole rings is 1. The summed E-state index contributed by atoms with van der Waals surface area (Å²) in [5.41, 5.74) is 2.66. The number of benzene rings is 1. The monoisotopic (exact) mass is 444 g/mol. The predicted octanol–water partition coefficient (Wildman–Crippen LogP) is 3.74. The van der Waals surface area contributed by atoms with Crippen LogP contribution in [0.1, 0.15) is 52.7 Å². The largest absolute Gasteiger partial charge is 0.329 e. The van der Waals surface area contributed by atoms with Gasteiger partial charge in [-0.25, -0.2) is 13.4 Å². The Morgan fingerprint density at radius 1 is 1.17 bits per heavy atom. The fourth-order valence-corrected chi connectivity index (χ4v) is 7.34. The van der Waals surface area contributed by atoms with Crippen LogP contribution in [0, 0.1) is 13.8 Å². The molecule has 0 radical (unpaired) electrons. The van der Waals surface area contributed by atoms with E-state index in [9.17, 15) is 18.0 Å². The summed E-state index contributed by atoms with van der Waals surface area (Å²) in [7, 11) is -1.45. The minimum Gasteiger partial charge on any atom is -0.329 e. The zero-order valence-corrected chi connectivity index (χ0v) is 19.0. The number of ketones is 2. The Morgan fingerprint density at radius 3 is 2.63 bits per heavy atom. The van der Waals surface area contributed by atoms with E-state index >= 15 is 0 Å². The van der Waals surface area contributed by atoms with Crippen LogP contribution in [-0.2, 0) is 28.1 Å². The summed E-state index contributed by atoms with van der Waals surface area (Å²) in [4.78, 5) is 31.8. The number of hydrogen-bond donors (Lipinski definition) is 0. The van der Waals surface area contributed by atoms with Crippen LogP contribution in [0.2, 0.25) is 0 Å². The number of carbonyl (C=O) groups is 2. The van der Waals surface area contributed by atoms with Crippen molar-refractivity contribution in [1.82, 2.24) is 9.55 Å². The van der Waals surface area contributed by atoms with Crippen LogP contribution in [0.25, 0.3) is 0 Å². The molecule has 2 aliphatic rings. The Morgan fingerprint density at radius 2 is 1.93 bits per heavy atom. The minimum absolute atomic E-state index is 0.141. The molecule has 0 saturated carbocycles. The van der Waals surface area contributed by atoms with Gasteiger partial charge in [0.25, 0.3) is 0 Å². The molecule has 1 aliphatic heterocycles. The standard InChI is InChI=1S/C22H24N2O4S2/c1-13-12-16(14(2)15-6-5-11-30(27,28)21(13)15)20(26)19-17(25)7-4-8-18(19)29-22-23-9-10-24(22)3/h9-10,12H,4-8,11H2,1-3H3. The molecule has 0 N–H and O–H groups in total. The van der Waals surface area contributed by atoms with Gasteiger partial charge in [-0.15, -0.1) is 0 Å². The van der Waals surface area contributed by atoms with Crippen molar-refractivity contribution in [3.8, 4) is 0 Å². The second-order valence-corrected chi connectivity index (χ2v) is 11.0. The lowest BCUT2D eigenvalue weighted by Crippen LogP contribution is -2.23. The number of Topliss-reactive ketones (excluding diaryl/α,β-unsaturated/α-hetero) is 2. The normalized spacial score (nSPS) is 18.4. The van der Waals surface area contributed by atoms with Crippen LogP contribution in [0.15, 0.2) is 39.0 Å². The molecule has 0 fully saturated rings. The lowest BCUT2D eigenvalue weighted by molar-refractivity contribution is -0.115. The van der Waals surface area contributed by atoms with E-state index in [0.29, 0.717) is 53.7 Å². The fourth-order valence-electron chi connectivity index (χ4n) is 4.34. The smallest absolute Gasteiger partial charge is 0.197 e. The van der Waals surface area contributed by atoms with Crippen molar-refractivity contribution >= 4 is 33.2 Å². The predicted molar refractivity (Wildman–Crippen MR) is 116 cm³/mol. The molecule has 8 heteroatoms. The van der Waals surface area contributed by atoms with Crippen LogP contribution in [0.4, 0.5) is 0 Å². The molecule has 0 spiro atoms. The van der Waals surface area contributed by atoms with E-state index in [-0.39, 0.29) is 22.9 Å². The Balaban J connectivity index is 1.84. The van der Waals surface area contributed by atoms with E-state index in [4.69, 9.17) is 0 Å². The number of aromatic nitrogens is 2. The van der Waals surface area contributed by atoms with Gasteiger partial charge in [0.2, 0.25) is 0 Å². The van der Waals surface area contributed by atoms with E-state index in [1.165, 1.54) is 11.8 Å². The summed E-state index contributed by atoms with van der Waals surface area (Å²) in [6.07, 6.45) is 6.41. The van der Waals surface area contributed by atoms with Gasteiger partial charge in [-0.05, 0) is 62.3 Å². The summed E-state index contributed by atoms with van der Waals surface area (Å²) in [6.45, 7) is 3.53. The van der Waals surface area contributed by atoms with E-state index in [0.717, 1.165) is 15.6 Å². The van der Waals surface area contributed by atoms with Gasteiger partial charge in [0.15, 0.2) is 26.6 Å². The number of hydrogen-bond acceptors (Lipinski definition) is 6. The molecule has 1 aliphatic carbocycles. The van der Waals surface area contributed by atoms with Gasteiger partial charge in [-0.2, -0.15) is 0 Å². The van der Waals surface area contributed by atoms with Gasteiger partial charge in [0, 0.05) is 36.3 Å². The summed E-state index contributed by atoms with van der Waals surface area (Å²) in [6, 6.07) is 1.65. The van der Waals surface area contributed by atoms with Crippen LogP contribution in [0.3, 0.4) is 0 Å². The third kappa shape index (κ3) is 3.56. The number of fused-ring (bicyclic) bond motifs is 1. The highest BCUT2D eigenvalue weighted by atomic mass is 32.2. The molecule has 30 heavy (non-hydrogen) atoms. The second kappa shape index (κ2) is 7.81. The van der Waals surface area contributed by atoms with Gasteiger partial charge in [0.1, 0.15) is 0 Å². The SMILES string of the molecule is Cc1cc(C(=O)C2=C(Sc3nccn3C)CCCC2=O)c(C)c2c1S(=O)(=O)CCC2. The first-order valence-electron chi connectivity index (χ1n) is 10.0. The molecule has 1 aromatic carbocycles. The quantitative estimate of drug-likeness (QED) is 0.527. The van der Waals surface area contributed by atoms with Crippen molar-refractivity contribution in [3.63, 3.8) is 0 Å². The summed E-state index contributed by atoms with van der Waals surface area (Å²) >= 11 is 1.37. The number of allylic oxidation sites excluding steroid dienone is 2. The lowest BCUT2D eigenvalue weighted by atomic mass is 9.87. The number of rotatable bonds is 4. The molecular weight excluding hydrogens is 420 g/mol. The van der Waals surface area contributed by atoms with Crippen LogP contribution < -0.4 is 0 Å². The molecule has 4 rings (SSSR count). The van der Waals surface area contributed by atoms with Gasteiger partial charge in [-0.1, -0.05) is 11.8 Å². The highest BCUT2D eigenvalue weighted by molar-refractivity contribution is 8.03. The molecule has 2 heterocycles.